The smallest absolute Gasteiger partial charge is 0.231 e. The first-order valence-electron chi connectivity index (χ1n) is 13.5. The van der Waals surface area contributed by atoms with E-state index in [9.17, 15) is 4.79 Å². The Balaban J connectivity index is 1.73. The molecule has 2 fully saturated rings. The van der Waals surface area contributed by atoms with Crippen LogP contribution in [0.3, 0.4) is 0 Å². The van der Waals surface area contributed by atoms with Gasteiger partial charge >= 0.3 is 0 Å². The van der Waals surface area contributed by atoms with Gasteiger partial charge in [-0.2, -0.15) is 0 Å². The summed E-state index contributed by atoms with van der Waals surface area (Å²) in [5.41, 5.74) is 7.53. The Morgan fingerprint density at radius 1 is 0.667 bits per heavy atom. The average molecular weight is 543 g/mol. The van der Waals surface area contributed by atoms with E-state index in [0.29, 0.717) is 47.3 Å². The summed E-state index contributed by atoms with van der Waals surface area (Å²) in [6.07, 6.45) is 6.39. The zero-order valence-electron chi connectivity index (χ0n) is 24.0. The molecule has 3 N–H and O–H groups in total. The van der Waals surface area contributed by atoms with Gasteiger partial charge in [-0.3, -0.25) is 4.79 Å². The highest BCUT2D eigenvalue weighted by Gasteiger charge is 2.48. The molecule has 9 heteroatoms. The molecule has 2 aliphatic carbocycles. The minimum Gasteiger partial charge on any atom is -0.493 e. The molecule has 0 spiro atoms. The van der Waals surface area contributed by atoms with E-state index in [4.69, 9.17) is 34.2 Å². The lowest BCUT2D eigenvalue weighted by Gasteiger charge is -2.39. The Morgan fingerprint density at radius 3 is 1.44 bits per heavy atom. The molecule has 4 rings (SSSR count). The van der Waals surface area contributed by atoms with Gasteiger partial charge in [0.1, 0.15) is 0 Å². The molecule has 1 atom stereocenters. The van der Waals surface area contributed by atoms with Gasteiger partial charge in [0.05, 0.1) is 54.2 Å². The van der Waals surface area contributed by atoms with Crippen molar-refractivity contribution in [2.45, 2.75) is 68.4 Å². The average Bonchev–Trinajstić information content (AvgIpc) is 3.67. The summed E-state index contributed by atoms with van der Waals surface area (Å²) in [4.78, 5) is 14.2. The minimum absolute atomic E-state index is 0.0829. The van der Waals surface area contributed by atoms with E-state index in [2.05, 4.69) is 5.32 Å². The van der Waals surface area contributed by atoms with Crippen LogP contribution in [0, 0.1) is 0 Å². The van der Waals surface area contributed by atoms with Gasteiger partial charge in [-0.1, -0.05) is 25.7 Å². The molecule has 2 aromatic rings. The van der Waals surface area contributed by atoms with E-state index in [1.807, 2.05) is 24.3 Å². The van der Waals surface area contributed by atoms with E-state index in [0.717, 1.165) is 49.7 Å². The fourth-order valence-corrected chi connectivity index (χ4v) is 6.55. The largest absolute Gasteiger partial charge is 0.493 e. The van der Waals surface area contributed by atoms with Crippen LogP contribution < -0.4 is 39.5 Å². The van der Waals surface area contributed by atoms with Crippen LogP contribution >= 0.6 is 0 Å². The van der Waals surface area contributed by atoms with Crippen molar-refractivity contribution in [3.05, 3.63) is 35.4 Å². The van der Waals surface area contributed by atoms with Gasteiger partial charge < -0.3 is 39.5 Å². The molecule has 0 heterocycles. The highest BCUT2D eigenvalue weighted by atomic mass is 16.5. The van der Waals surface area contributed by atoms with Crippen LogP contribution in [-0.4, -0.2) is 54.7 Å². The van der Waals surface area contributed by atoms with Crippen LogP contribution in [0.5, 0.6) is 34.5 Å². The van der Waals surface area contributed by atoms with Crippen molar-refractivity contribution >= 4 is 5.91 Å². The van der Waals surface area contributed by atoms with Crippen molar-refractivity contribution in [2.75, 3.05) is 42.7 Å². The molecule has 0 bridgehead atoms. The van der Waals surface area contributed by atoms with Gasteiger partial charge in [0.25, 0.3) is 0 Å². The number of nitrogens with one attached hydrogen (secondary N) is 1. The second kappa shape index (κ2) is 11.8. The maximum Gasteiger partial charge on any atom is 0.231 e. The third-order valence-electron chi connectivity index (χ3n) is 8.73. The van der Waals surface area contributed by atoms with Gasteiger partial charge in [-0.25, -0.2) is 0 Å². The number of nitrogens with two attached hydrogens (primary N) is 1. The lowest BCUT2D eigenvalue weighted by molar-refractivity contribution is -0.128. The Labute approximate surface area is 231 Å². The summed E-state index contributed by atoms with van der Waals surface area (Å²) < 4.78 is 33.5. The number of carbonyl (C=O) groups is 1. The summed E-state index contributed by atoms with van der Waals surface area (Å²) in [7, 11) is 9.53. The zero-order chi connectivity index (χ0) is 28.2. The molecule has 0 aliphatic heterocycles. The van der Waals surface area contributed by atoms with Crippen LogP contribution in [0.4, 0.5) is 0 Å². The molecule has 2 aliphatic rings. The maximum atomic E-state index is 14.2. The third-order valence-corrected chi connectivity index (χ3v) is 8.73. The summed E-state index contributed by atoms with van der Waals surface area (Å²) in [6, 6.07) is 7.71. The molecular weight excluding hydrogens is 500 g/mol. The summed E-state index contributed by atoms with van der Waals surface area (Å²) in [5.74, 6) is 3.14. The van der Waals surface area contributed by atoms with Crippen molar-refractivity contribution in [3.63, 3.8) is 0 Å². The molecule has 2 saturated carbocycles. The van der Waals surface area contributed by atoms with Crippen molar-refractivity contribution in [2.24, 2.45) is 5.73 Å². The van der Waals surface area contributed by atoms with Crippen LogP contribution in [0.15, 0.2) is 24.3 Å². The molecule has 0 aromatic heterocycles. The maximum absolute atomic E-state index is 14.2. The molecular formula is C30H42N2O7. The van der Waals surface area contributed by atoms with E-state index >= 15 is 0 Å². The molecule has 0 radical (unpaired) electrons. The molecule has 0 saturated heterocycles. The normalized spacial score (nSPS) is 18.2. The number of rotatable bonds is 11. The molecule has 1 unspecified atom stereocenters. The van der Waals surface area contributed by atoms with Gasteiger partial charge in [-0.15, -0.1) is 0 Å². The van der Waals surface area contributed by atoms with Crippen LogP contribution in [0.25, 0.3) is 0 Å². The Morgan fingerprint density at radius 2 is 1.05 bits per heavy atom. The first-order chi connectivity index (χ1) is 18.8. The lowest BCUT2D eigenvalue weighted by Crippen LogP contribution is -2.58. The number of hydrogen-bond acceptors (Lipinski definition) is 8. The van der Waals surface area contributed by atoms with E-state index in [1.54, 1.807) is 42.7 Å². The monoisotopic (exact) mass is 542 g/mol. The fraction of sp³-hybridized carbons (Fsp3) is 0.567. The van der Waals surface area contributed by atoms with Crippen LogP contribution in [0.1, 0.15) is 62.5 Å². The Bertz CT molecular complexity index is 1120. The van der Waals surface area contributed by atoms with Gasteiger partial charge in [0.15, 0.2) is 23.0 Å². The molecule has 39 heavy (non-hydrogen) atoms. The van der Waals surface area contributed by atoms with Crippen molar-refractivity contribution in [1.82, 2.24) is 5.32 Å². The molecule has 1 amide bonds. The van der Waals surface area contributed by atoms with Crippen LogP contribution in [-0.2, 0) is 15.6 Å². The predicted octanol–water partition coefficient (Wildman–Crippen LogP) is 4.46. The number of benzene rings is 2. The fourth-order valence-electron chi connectivity index (χ4n) is 6.55. The molecule has 214 valence electrons. The summed E-state index contributed by atoms with van der Waals surface area (Å²) in [5, 5.41) is 3.26. The molecule has 2 aromatic carbocycles. The number of ether oxygens (including phenoxy) is 6. The quantitative estimate of drug-likeness (QED) is 0.401. The summed E-state index contributed by atoms with van der Waals surface area (Å²) in [6.45, 7) is 0. The van der Waals surface area contributed by atoms with Gasteiger partial charge in [0.2, 0.25) is 17.4 Å². The standard InChI is InChI=1S/C30H42N2O7/c1-34-21-15-19(16-22(35-2)25(21)38-5)29(11-7-8-12-29)27(31)32-28(33)30(13-9-10-14-30)20-17-23(36-3)26(39-6)24(18-20)37-4/h15-18,27H,7-14,31H2,1-6H3,(H,32,33). The number of amides is 1. The number of hydrogen-bond donors (Lipinski definition) is 2. The topological polar surface area (TPSA) is 111 Å². The summed E-state index contributed by atoms with van der Waals surface area (Å²) >= 11 is 0. The lowest BCUT2D eigenvalue weighted by atomic mass is 9.74. The van der Waals surface area contributed by atoms with E-state index < -0.39 is 17.0 Å². The zero-order valence-corrected chi connectivity index (χ0v) is 24.0. The molecule has 9 nitrogen and oxygen atoms in total. The first-order valence-corrected chi connectivity index (χ1v) is 13.5. The van der Waals surface area contributed by atoms with Gasteiger partial charge in [-0.05, 0) is 61.1 Å². The predicted molar refractivity (Wildman–Crippen MR) is 149 cm³/mol. The Hall–Kier alpha value is -3.33. The van der Waals surface area contributed by atoms with Crippen molar-refractivity contribution in [1.29, 1.82) is 0 Å². The highest BCUT2D eigenvalue weighted by Crippen LogP contribution is 2.50. The minimum atomic E-state index is -0.750. The van der Waals surface area contributed by atoms with Crippen molar-refractivity contribution in [3.8, 4) is 34.5 Å². The van der Waals surface area contributed by atoms with Crippen LogP contribution in [0.2, 0.25) is 0 Å². The number of methoxy groups -OCH3 is 6. The second-order valence-corrected chi connectivity index (χ2v) is 10.4. The van der Waals surface area contributed by atoms with Gasteiger partial charge in [0, 0.05) is 5.41 Å². The SMILES string of the molecule is COc1cc(C2(C(=O)NC(N)C3(c4cc(OC)c(OC)c(OC)c4)CCCC3)CCCC2)cc(OC)c1OC. The number of carbonyl (C=O) groups excluding carboxylic acids is 1. The Kier molecular flexibility index (Phi) is 8.69. The van der Waals surface area contributed by atoms with Crippen molar-refractivity contribution < 1.29 is 33.2 Å². The second-order valence-electron chi connectivity index (χ2n) is 10.4. The first kappa shape index (κ1) is 28.7. The van der Waals surface area contributed by atoms with E-state index in [1.165, 1.54) is 0 Å². The highest BCUT2D eigenvalue weighted by molar-refractivity contribution is 5.89. The van der Waals surface area contributed by atoms with E-state index in [-0.39, 0.29) is 5.91 Å². The third kappa shape index (κ3) is 4.93.